The molecule has 1 N–H and O–H groups in total. The molecular weight excluding hydrogens is 290 g/mol. The molecule has 120 valence electrons. The largest absolute Gasteiger partial charge is 0.465 e. The lowest BCUT2D eigenvalue weighted by molar-refractivity contribution is -0.116. The molecule has 0 radical (unpaired) electrons. The lowest BCUT2D eigenvalue weighted by atomic mass is 9.97. The molecule has 4 heteroatoms. The van der Waals surface area contributed by atoms with Gasteiger partial charge in [0.1, 0.15) is 0 Å². The fourth-order valence-corrected chi connectivity index (χ4v) is 2.38. The Kier molecular flexibility index (Phi) is 5.52. The van der Waals surface area contributed by atoms with E-state index < -0.39 is 5.97 Å². The van der Waals surface area contributed by atoms with Crippen molar-refractivity contribution in [1.29, 1.82) is 0 Å². The van der Waals surface area contributed by atoms with Gasteiger partial charge in [-0.3, -0.25) is 4.79 Å². The molecular formula is C19H21NO3. The van der Waals surface area contributed by atoms with E-state index in [4.69, 9.17) is 4.74 Å². The standard InChI is InChI=1S/C19H21NO3/c1-13-9-10-16(19(22)23-3)12-17(13)20-18(21)11-14(2)15-7-5-4-6-8-15/h4-10,12,14H,11H2,1-3H3,(H,20,21)/t14-/m1/s1. The van der Waals surface area contributed by atoms with Crippen molar-refractivity contribution in [3.63, 3.8) is 0 Å². The van der Waals surface area contributed by atoms with Crippen molar-refractivity contribution in [3.8, 4) is 0 Å². The second-order valence-electron chi connectivity index (χ2n) is 5.59. The Balaban J connectivity index is 2.06. The minimum absolute atomic E-state index is 0.0773. The van der Waals surface area contributed by atoms with Crippen molar-refractivity contribution in [3.05, 3.63) is 65.2 Å². The maximum atomic E-state index is 12.3. The zero-order chi connectivity index (χ0) is 16.8. The summed E-state index contributed by atoms with van der Waals surface area (Å²) >= 11 is 0. The van der Waals surface area contributed by atoms with Crippen LogP contribution in [0, 0.1) is 6.92 Å². The number of rotatable bonds is 5. The number of aryl methyl sites for hydroxylation is 1. The summed E-state index contributed by atoms with van der Waals surface area (Å²) in [6.07, 6.45) is 0.381. The summed E-state index contributed by atoms with van der Waals surface area (Å²) in [5.74, 6) is -0.370. The monoisotopic (exact) mass is 311 g/mol. The van der Waals surface area contributed by atoms with E-state index in [2.05, 4.69) is 5.32 Å². The quantitative estimate of drug-likeness (QED) is 0.852. The number of hydrogen-bond acceptors (Lipinski definition) is 3. The topological polar surface area (TPSA) is 55.4 Å². The van der Waals surface area contributed by atoms with Crippen LogP contribution in [0.3, 0.4) is 0 Å². The van der Waals surface area contributed by atoms with E-state index in [-0.39, 0.29) is 11.8 Å². The molecule has 0 unspecified atom stereocenters. The summed E-state index contributed by atoms with van der Waals surface area (Å²) in [7, 11) is 1.34. The molecule has 4 nitrogen and oxygen atoms in total. The third kappa shape index (κ3) is 4.42. The Hall–Kier alpha value is -2.62. The summed E-state index contributed by atoms with van der Waals surface area (Å²) in [4.78, 5) is 23.9. The molecule has 1 atom stereocenters. The first-order valence-electron chi connectivity index (χ1n) is 7.55. The van der Waals surface area contributed by atoms with Gasteiger partial charge in [0.25, 0.3) is 0 Å². The van der Waals surface area contributed by atoms with Crippen molar-refractivity contribution < 1.29 is 14.3 Å². The van der Waals surface area contributed by atoms with Crippen LogP contribution in [0.15, 0.2) is 48.5 Å². The average Bonchev–Trinajstić information content (AvgIpc) is 2.56. The first-order valence-corrected chi connectivity index (χ1v) is 7.55. The maximum Gasteiger partial charge on any atom is 0.337 e. The molecule has 0 saturated carbocycles. The third-order valence-electron chi connectivity index (χ3n) is 3.79. The highest BCUT2D eigenvalue weighted by molar-refractivity contribution is 5.95. The van der Waals surface area contributed by atoms with Crippen LogP contribution in [-0.2, 0) is 9.53 Å². The average molecular weight is 311 g/mol. The molecule has 2 aromatic carbocycles. The lowest BCUT2D eigenvalue weighted by Gasteiger charge is -2.14. The number of benzene rings is 2. The van der Waals surface area contributed by atoms with E-state index in [0.717, 1.165) is 11.1 Å². The van der Waals surface area contributed by atoms with Gasteiger partial charge in [0.15, 0.2) is 0 Å². The number of nitrogens with one attached hydrogen (secondary N) is 1. The summed E-state index contributed by atoms with van der Waals surface area (Å²) in [5.41, 5.74) is 3.09. The molecule has 0 spiro atoms. The van der Waals surface area contributed by atoms with E-state index in [9.17, 15) is 9.59 Å². The van der Waals surface area contributed by atoms with E-state index in [1.807, 2.05) is 44.2 Å². The number of carbonyl (C=O) groups is 2. The maximum absolute atomic E-state index is 12.3. The predicted molar refractivity (Wildman–Crippen MR) is 90.6 cm³/mol. The van der Waals surface area contributed by atoms with E-state index >= 15 is 0 Å². The Morgan fingerprint density at radius 2 is 1.83 bits per heavy atom. The molecule has 0 aliphatic heterocycles. The van der Waals surface area contributed by atoms with Gasteiger partial charge in [0.2, 0.25) is 5.91 Å². The first kappa shape index (κ1) is 16.7. The molecule has 0 saturated heterocycles. The summed E-state index contributed by atoms with van der Waals surface area (Å²) < 4.78 is 4.71. The van der Waals surface area contributed by atoms with Gasteiger partial charge in [-0.1, -0.05) is 43.3 Å². The lowest BCUT2D eigenvalue weighted by Crippen LogP contribution is -2.15. The summed E-state index contributed by atoms with van der Waals surface area (Å²) in [5, 5.41) is 2.88. The van der Waals surface area contributed by atoms with Crippen molar-refractivity contribution in [2.75, 3.05) is 12.4 Å². The van der Waals surface area contributed by atoms with Gasteiger partial charge in [-0.15, -0.1) is 0 Å². The highest BCUT2D eigenvalue weighted by Gasteiger charge is 2.13. The zero-order valence-electron chi connectivity index (χ0n) is 13.6. The van der Waals surface area contributed by atoms with Crippen molar-refractivity contribution in [2.24, 2.45) is 0 Å². The Morgan fingerprint density at radius 1 is 1.13 bits per heavy atom. The van der Waals surface area contributed by atoms with Crippen LogP contribution in [-0.4, -0.2) is 19.0 Å². The zero-order valence-corrected chi connectivity index (χ0v) is 13.6. The number of methoxy groups -OCH3 is 1. The van der Waals surface area contributed by atoms with Gasteiger partial charge >= 0.3 is 5.97 Å². The van der Waals surface area contributed by atoms with Gasteiger partial charge in [-0.2, -0.15) is 0 Å². The molecule has 1 amide bonds. The van der Waals surface area contributed by atoms with Crippen molar-refractivity contribution in [2.45, 2.75) is 26.2 Å². The predicted octanol–water partition coefficient (Wildman–Crippen LogP) is 3.91. The Morgan fingerprint density at radius 3 is 2.48 bits per heavy atom. The first-order chi connectivity index (χ1) is 11.0. The third-order valence-corrected chi connectivity index (χ3v) is 3.79. The van der Waals surface area contributed by atoms with Gasteiger partial charge in [0, 0.05) is 12.1 Å². The highest BCUT2D eigenvalue weighted by atomic mass is 16.5. The van der Waals surface area contributed by atoms with Crippen LogP contribution in [0.25, 0.3) is 0 Å². The number of anilines is 1. The van der Waals surface area contributed by atoms with Crippen LogP contribution >= 0.6 is 0 Å². The molecule has 0 heterocycles. The number of ether oxygens (including phenoxy) is 1. The highest BCUT2D eigenvalue weighted by Crippen LogP contribution is 2.21. The van der Waals surface area contributed by atoms with Gasteiger partial charge < -0.3 is 10.1 Å². The molecule has 2 aromatic rings. The second-order valence-corrected chi connectivity index (χ2v) is 5.59. The molecule has 0 fully saturated rings. The molecule has 0 aliphatic rings. The van der Waals surface area contributed by atoms with Crippen molar-refractivity contribution >= 4 is 17.6 Å². The number of amides is 1. The number of hydrogen-bond donors (Lipinski definition) is 1. The van der Waals surface area contributed by atoms with Crippen LogP contribution in [0.5, 0.6) is 0 Å². The Bertz CT molecular complexity index is 695. The van der Waals surface area contributed by atoms with E-state index in [1.54, 1.807) is 18.2 Å². The molecule has 2 rings (SSSR count). The molecule has 23 heavy (non-hydrogen) atoms. The molecule has 0 aliphatic carbocycles. The van der Waals surface area contributed by atoms with Crippen LogP contribution in [0.4, 0.5) is 5.69 Å². The van der Waals surface area contributed by atoms with Gasteiger partial charge in [0.05, 0.1) is 12.7 Å². The fraction of sp³-hybridized carbons (Fsp3) is 0.263. The van der Waals surface area contributed by atoms with Gasteiger partial charge in [-0.05, 0) is 36.1 Å². The normalized spacial score (nSPS) is 11.6. The fourth-order valence-electron chi connectivity index (χ4n) is 2.38. The number of esters is 1. The van der Waals surface area contributed by atoms with Crippen LogP contribution < -0.4 is 5.32 Å². The minimum Gasteiger partial charge on any atom is -0.465 e. The van der Waals surface area contributed by atoms with E-state index in [1.165, 1.54) is 7.11 Å². The number of carbonyl (C=O) groups excluding carboxylic acids is 2. The molecule has 0 bridgehead atoms. The van der Waals surface area contributed by atoms with E-state index in [0.29, 0.717) is 17.7 Å². The minimum atomic E-state index is -0.418. The van der Waals surface area contributed by atoms with Crippen LogP contribution in [0.2, 0.25) is 0 Å². The summed E-state index contributed by atoms with van der Waals surface area (Å²) in [6, 6.07) is 15.0. The smallest absolute Gasteiger partial charge is 0.337 e. The summed E-state index contributed by atoms with van der Waals surface area (Å²) in [6.45, 7) is 3.91. The second kappa shape index (κ2) is 7.58. The SMILES string of the molecule is COC(=O)c1ccc(C)c(NC(=O)C[C@@H](C)c2ccccc2)c1. The molecule has 0 aromatic heterocycles. The van der Waals surface area contributed by atoms with Gasteiger partial charge in [-0.25, -0.2) is 4.79 Å². The Labute approximate surface area is 136 Å². The van der Waals surface area contributed by atoms with Crippen LogP contribution in [0.1, 0.15) is 40.7 Å². The van der Waals surface area contributed by atoms with Crippen molar-refractivity contribution in [1.82, 2.24) is 0 Å².